The number of ether oxygens (including phenoxy) is 1. The van der Waals surface area contributed by atoms with Crippen LogP contribution in [0.15, 0.2) is 48.5 Å². The number of aromatic hydroxyl groups is 1. The highest BCUT2D eigenvalue weighted by Gasteiger charge is 2.37. The van der Waals surface area contributed by atoms with Gasteiger partial charge in [0.2, 0.25) is 11.8 Å². The topological polar surface area (TPSA) is 151 Å². The van der Waals surface area contributed by atoms with Gasteiger partial charge in [0.1, 0.15) is 23.4 Å². The predicted octanol–water partition coefficient (Wildman–Crippen LogP) is 3.00. The Kier molecular flexibility index (Phi) is 9.43. The minimum atomic E-state index is -1.39. The van der Waals surface area contributed by atoms with Crippen LogP contribution in [0.2, 0.25) is 0 Å². The first-order valence-electron chi connectivity index (χ1n) is 11.6. The first kappa shape index (κ1) is 28.2. The van der Waals surface area contributed by atoms with Crippen molar-refractivity contribution in [2.75, 3.05) is 11.9 Å². The van der Waals surface area contributed by atoms with E-state index in [1.54, 1.807) is 52.0 Å². The summed E-state index contributed by atoms with van der Waals surface area (Å²) in [7, 11) is 0. The van der Waals surface area contributed by atoms with Gasteiger partial charge in [0, 0.05) is 17.8 Å². The maximum atomic E-state index is 13.6. The molecule has 0 saturated carbocycles. The highest BCUT2D eigenvalue weighted by Crippen LogP contribution is 2.31. The number of phenols is 1. The summed E-state index contributed by atoms with van der Waals surface area (Å²) in [5.74, 6) is -2.35. The number of anilines is 1. The highest BCUT2D eigenvalue weighted by atomic mass is 16.6. The second-order valence-electron chi connectivity index (χ2n) is 9.26. The quantitative estimate of drug-likeness (QED) is 0.417. The van der Waals surface area contributed by atoms with Crippen LogP contribution in [0.25, 0.3) is 0 Å². The Morgan fingerprint density at radius 2 is 1.67 bits per heavy atom. The summed E-state index contributed by atoms with van der Waals surface area (Å²) in [5.41, 5.74) is 6.01. The fraction of sp³-hybridized carbons (Fsp3) is 0.385. The van der Waals surface area contributed by atoms with Gasteiger partial charge in [-0.3, -0.25) is 14.4 Å². The Balaban J connectivity index is 2.48. The van der Waals surface area contributed by atoms with E-state index in [0.29, 0.717) is 5.69 Å². The van der Waals surface area contributed by atoms with Crippen molar-refractivity contribution in [3.8, 4) is 5.75 Å². The standard InChI is InChI=1S/C26H34N4O6/c1-6-30(24(34)19(15-21(27)32)29-25(35)36-26(3,4)5)22(17-12-8-10-14-20(17)31)23(33)28-18-13-9-7-11-16(18)2/h7-14,19,22,31H,6,15H2,1-5H3,(H2,27,32)(H,28,33)(H,29,35). The smallest absolute Gasteiger partial charge is 0.408 e. The number of rotatable bonds is 9. The number of likely N-dealkylation sites (N-methyl/N-ethyl adjacent to an activating group) is 1. The van der Waals surface area contributed by atoms with Gasteiger partial charge in [-0.15, -0.1) is 0 Å². The fourth-order valence-corrected chi connectivity index (χ4v) is 3.60. The Bertz CT molecular complexity index is 1110. The van der Waals surface area contributed by atoms with E-state index in [1.165, 1.54) is 17.0 Å². The molecule has 2 aromatic rings. The molecule has 4 amide bonds. The number of nitrogens with two attached hydrogens (primary N) is 1. The van der Waals surface area contributed by atoms with Crippen molar-refractivity contribution in [3.05, 3.63) is 59.7 Å². The lowest BCUT2D eigenvalue weighted by atomic mass is 10.0. The van der Waals surface area contributed by atoms with Crippen molar-refractivity contribution >= 4 is 29.5 Å². The molecule has 0 radical (unpaired) electrons. The monoisotopic (exact) mass is 498 g/mol. The van der Waals surface area contributed by atoms with Crippen molar-refractivity contribution in [2.24, 2.45) is 5.73 Å². The Morgan fingerprint density at radius 3 is 2.22 bits per heavy atom. The van der Waals surface area contributed by atoms with Crippen LogP contribution >= 0.6 is 0 Å². The Labute approximate surface area is 210 Å². The summed E-state index contributed by atoms with van der Waals surface area (Å²) in [5, 5.41) is 15.8. The van der Waals surface area contributed by atoms with Crippen molar-refractivity contribution in [3.63, 3.8) is 0 Å². The van der Waals surface area contributed by atoms with Gasteiger partial charge in [-0.05, 0) is 52.3 Å². The highest BCUT2D eigenvalue weighted by molar-refractivity contribution is 6.00. The number of phenolic OH excluding ortho intramolecular Hbond substituents is 1. The molecule has 0 fully saturated rings. The number of amides is 4. The van der Waals surface area contributed by atoms with Crippen LogP contribution in [0.5, 0.6) is 5.75 Å². The van der Waals surface area contributed by atoms with Crippen LogP contribution in [0, 0.1) is 6.92 Å². The maximum Gasteiger partial charge on any atom is 0.408 e. The molecule has 0 aromatic heterocycles. The van der Waals surface area contributed by atoms with Crippen LogP contribution in [-0.2, 0) is 19.1 Å². The lowest BCUT2D eigenvalue weighted by Crippen LogP contribution is -2.53. The van der Waals surface area contributed by atoms with Crippen molar-refractivity contribution in [2.45, 2.75) is 58.7 Å². The van der Waals surface area contributed by atoms with E-state index in [9.17, 15) is 24.3 Å². The number of nitrogens with zero attached hydrogens (tertiary/aromatic N) is 1. The van der Waals surface area contributed by atoms with E-state index in [0.717, 1.165) is 5.56 Å². The third-order valence-corrected chi connectivity index (χ3v) is 5.21. The minimum absolute atomic E-state index is 0.0181. The van der Waals surface area contributed by atoms with Crippen molar-refractivity contribution < 1.29 is 29.0 Å². The number of aryl methyl sites for hydroxylation is 1. The second kappa shape index (κ2) is 12.1. The zero-order valence-corrected chi connectivity index (χ0v) is 21.2. The molecule has 0 saturated heterocycles. The van der Waals surface area contributed by atoms with E-state index in [-0.39, 0.29) is 17.9 Å². The predicted molar refractivity (Wildman–Crippen MR) is 135 cm³/mol. The molecule has 0 aliphatic rings. The number of hydrogen-bond acceptors (Lipinski definition) is 6. The number of primary amides is 1. The van der Waals surface area contributed by atoms with E-state index in [1.807, 2.05) is 19.1 Å². The van der Waals surface area contributed by atoms with Crippen LogP contribution in [-0.4, -0.2) is 52.0 Å². The molecule has 0 heterocycles. The maximum absolute atomic E-state index is 13.6. The zero-order valence-electron chi connectivity index (χ0n) is 21.2. The van der Waals surface area contributed by atoms with E-state index < -0.39 is 47.9 Å². The second-order valence-corrected chi connectivity index (χ2v) is 9.26. The fourth-order valence-electron chi connectivity index (χ4n) is 3.60. The molecule has 2 unspecified atom stereocenters. The summed E-state index contributed by atoms with van der Waals surface area (Å²) < 4.78 is 5.22. The van der Waals surface area contributed by atoms with Gasteiger partial charge in [0.15, 0.2) is 0 Å². The molecule has 0 aliphatic carbocycles. The molecule has 10 nitrogen and oxygen atoms in total. The molecule has 2 rings (SSSR count). The lowest BCUT2D eigenvalue weighted by Gasteiger charge is -2.33. The largest absolute Gasteiger partial charge is 0.508 e. The van der Waals surface area contributed by atoms with Crippen LogP contribution < -0.4 is 16.4 Å². The average Bonchev–Trinajstić information content (AvgIpc) is 2.77. The van der Waals surface area contributed by atoms with Gasteiger partial charge in [0.05, 0.1) is 6.42 Å². The lowest BCUT2D eigenvalue weighted by molar-refractivity contribution is -0.141. The summed E-state index contributed by atoms with van der Waals surface area (Å²) in [4.78, 5) is 52.5. The molecule has 0 aliphatic heterocycles. The summed E-state index contributed by atoms with van der Waals surface area (Å²) >= 11 is 0. The Hall–Kier alpha value is -4.08. The first-order valence-corrected chi connectivity index (χ1v) is 11.6. The third-order valence-electron chi connectivity index (χ3n) is 5.21. The average molecular weight is 499 g/mol. The normalized spacial score (nSPS) is 12.7. The number of carbonyl (C=O) groups is 4. The number of hydrogen-bond donors (Lipinski definition) is 4. The first-order chi connectivity index (χ1) is 16.8. The molecular weight excluding hydrogens is 464 g/mol. The molecule has 2 atom stereocenters. The number of alkyl carbamates (subject to hydrolysis) is 1. The molecule has 2 aromatic carbocycles. The van der Waals surface area contributed by atoms with E-state index >= 15 is 0 Å². The van der Waals surface area contributed by atoms with Gasteiger partial charge >= 0.3 is 6.09 Å². The van der Waals surface area contributed by atoms with Crippen molar-refractivity contribution in [1.29, 1.82) is 0 Å². The number of para-hydroxylation sites is 2. The van der Waals surface area contributed by atoms with Crippen molar-refractivity contribution in [1.82, 2.24) is 10.2 Å². The van der Waals surface area contributed by atoms with Gasteiger partial charge in [-0.2, -0.15) is 0 Å². The third kappa shape index (κ3) is 7.72. The molecule has 0 spiro atoms. The molecule has 194 valence electrons. The van der Waals surface area contributed by atoms with Gasteiger partial charge in [-0.1, -0.05) is 36.4 Å². The Morgan fingerprint density at radius 1 is 1.06 bits per heavy atom. The molecule has 10 heteroatoms. The SMILES string of the molecule is CCN(C(=O)C(CC(N)=O)NC(=O)OC(C)(C)C)C(C(=O)Nc1ccccc1C)c1ccccc1O. The number of nitrogens with one attached hydrogen (secondary N) is 2. The van der Waals surface area contributed by atoms with Crippen LogP contribution in [0.1, 0.15) is 51.3 Å². The van der Waals surface area contributed by atoms with Gasteiger partial charge < -0.3 is 31.1 Å². The number of benzene rings is 2. The summed E-state index contributed by atoms with van der Waals surface area (Å²) in [6.45, 7) is 8.44. The molecule has 5 N–H and O–H groups in total. The molecular formula is C26H34N4O6. The van der Waals surface area contributed by atoms with E-state index in [2.05, 4.69) is 10.6 Å². The van der Waals surface area contributed by atoms with Crippen LogP contribution in [0.3, 0.4) is 0 Å². The van der Waals surface area contributed by atoms with E-state index in [4.69, 9.17) is 10.5 Å². The van der Waals surface area contributed by atoms with Gasteiger partial charge in [0.25, 0.3) is 5.91 Å². The number of carbonyl (C=O) groups excluding carboxylic acids is 4. The summed E-state index contributed by atoms with van der Waals surface area (Å²) in [6.07, 6.45) is -1.43. The minimum Gasteiger partial charge on any atom is -0.508 e. The summed E-state index contributed by atoms with van der Waals surface area (Å²) in [6, 6.07) is 10.6. The van der Waals surface area contributed by atoms with Crippen LogP contribution in [0.4, 0.5) is 10.5 Å². The van der Waals surface area contributed by atoms with Gasteiger partial charge in [-0.25, -0.2) is 4.79 Å². The molecule has 36 heavy (non-hydrogen) atoms. The zero-order chi connectivity index (χ0) is 27.0. The molecule has 0 bridgehead atoms.